The number of nitrogens with zero attached hydrogens (tertiary/aromatic N) is 3. The van der Waals surface area contributed by atoms with E-state index < -0.39 is 0 Å². The number of benzene rings is 1. The summed E-state index contributed by atoms with van der Waals surface area (Å²) in [5, 5.41) is 8.21. The number of aromatic nitrogens is 3. The van der Waals surface area contributed by atoms with E-state index in [1.54, 1.807) is 6.33 Å². The Balaban J connectivity index is 2.39. The van der Waals surface area contributed by atoms with E-state index in [-0.39, 0.29) is 0 Å². The van der Waals surface area contributed by atoms with Crippen molar-refractivity contribution in [3.8, 4) is 11.4 Å². The van der Waals surface area contributed by atoms with Crippen LogP contribution in [-0.2, 0) is 6.54 Å². The molecule has 2 aromatic rings. The van der Waals surface area contributed by atoms with Gasteiger partial charge in [-0.15, -0.1) is 10.2 Å². The summed E-state index contributed by atoms with van der Waals surface area (Å²) in [6.45, 7) is 7.40. The van der Waals surface area contributed by atoms with Gasteiger partial charge in [0.1, 0.15) is 6.33 Å². The van der Waals surface area contributed by atoms with E-state index in [1.165, 1.54) is 5.56 Å². The molecular formula is C13H16BrN3. The van der Waals surface area contributed by atoms with Gasteiger partial charge in [0.05, 0.1) is 0 Å². The summed E-state index contributed by atoms with van der Waals surface area (Å²) < 4.78 is 3.23. The van der Waals surface area contributed by atoms with E-state index in [0.29, 0.717) is 5.92 Å². The number of aryl methyl sites for hydroxylation is 1. The van der Waals surface area contributed by atoms with Crippen LogP contribution in [0.3, 0.4) is 0 Å². The lowest BCUT2D eigenvalue weighted by Gasteiger charge is -2.09. The molecule has 0 aliphatic heterocycles. The molecule has 0 atom stereocenters. The molecule has 4 heteroatoms. The first-order valence-corrected chi connectivity index (χ1v) is 6.51. The summed E-state index contributed by atoms with van der Waals surface area (Å²) in [6, 6.07) is 6.25. The molecular weight excluding hydrogens is 278 g/mol. The first kappa shape index (κ1) is 12.3. The van der Waals surface area contributed by atoms with E-state index in [0.717, 1.165) is 22.4 Å². The molecule has 3 nitrogen and oxygen atoms in total. The largest absolute Gasteiger partial charge is 0.313 e. The summed E-state index contributed by atoms with van der Waals surface area (Å²) >= 11 is 3.51. The maximum Gasteiger partial charge on any atom is 0.163 e. The third kappa shape index (κ3) is 2.75. The van der Waals surface area contributed by atoms with Crippen LogP contribution in [0.25, 0.3) is 11.4 Å². The first-order valence-electron chi connectivity index (χ1n) is 5.72. The fourth-order valence-electron chi connectivity index (χ4n) is 1.79. The predicted octanol–water partition coefficient (Wildman–Crippen LogP) is 3.67. The Morgan fingerprint density at radius 3 is 2.76 bits per heavy atom. The van der Waals surface area contributed by atoms with Gasteiger partial charge in [-0.25, -0.2) is 0 Å². The van der Waals surface area contributed by atoms with Crippen molar-refractivity contribution in [2.45, 2.75) is 27.3 Å². The molecule has 0 saturated carbocycles. The van der Waals surface area contributed by atoms with Crippen molar-refractivity contribution in [3.05, 3.63) is 34.6 Å². The number of hydrogen-bond donors (Lipinski definition) is 0. The van der Waals surface area contributed by atoms with Crippen molar-refractivity contribution in [1.82, 2.24) is 14.8 Å². The van der Waals surface area contributed by atoms with Gasteiger partial charge in [0.25, 0.3) is 0 Å². The lowest BCUT2D eigenvalue weighted by Crippen LogP contribution is -2.05. The smallest absolute Gasteiger partial charge is 0.163 e. The topological polar surface area (TPSA) is 30.7 Å². The Hall–Kier alpha value is -1.16. The SMILES string of the molecule is Cc1cc(-c2nncn2CC(C)C)ccc1Br. The summed E-state index contributed by atoms with van der Waals surface area (Å²) in [4.78, 5) is 0. The van der Waals surface area contributed by atoms with Crippen molar-refractivity contribution in [2.75, 3.05) is 0 Å². The summed E-state index contributed by atoms with van der Waals surface area (Å²) in [7, 11) is 0. The second-order valence-corrected chi connectivity index (χ2v) is 5.52. The molecule has 0 N–H and O–H groups in total. The van der Waals surface area contributed by atoms with Gasteiger partial charge in [-0.3, -0.25) is 0 Å². The lowest BCUT2D eigenvalue weighted by molar-refractivity contribution is 0.525. The van der Waals surface area contributed by atoms with E-state index in [4.69, 9.17) is 0 Å². The van der Waals surface area contributed by atoms with Crippen LogP contribution in [0, 0.1) is 12.8 Å². The second-order valence-electron chi connectivity index (χ2n) is 4.66. The van der Waals surface area contributed by atoms with Gasteiger partial charge in [-0.05, 0) is 30.5 Å². The van der Waals surface area contributed by atoms with Crippen LogP contribution in [0.15, 0.2) is 29.0 Å². The van der Waals surface area contributed by atoms with Crippen molar-refractivity contribution >= 4 is 15.9 Å². The molecule has 0 fully saturated rings. The Labute approximate surface area is 110 Å². The van der Waals surface area contributed by atoms with Crippen molar-refractivity contribution in [2.24, 2.45) is 5.92 Å². The van der Waals surface area contributed by atoms with Gasteiger partial charge in [0.15, 0.2) is 5.82 Å². The molecule has 0 bridgehead atoms. The van der Waals surface area contributed by atoms with Crippen LogP contribution in [0.1, 0.15) is 19.4 Å². The van der Waals surface area contributed by atoms with E-state index in [9.17, 15) is 0 Å². The predicted molar refractivity (Wildman–Crippen MR) is 72.7 cm³/mol. The van der Waals surface area contributed by atoms with Gasteiger partial charge >= 0.3 is 0 Å². The number of halogens is 1. The minimum absolute atomic E-state index is 0.585. The Morgan fingerprint density at radius 1 is 1.35 bits per heavy atom. The average molecular weight is 294 g/mol. The van der Waals surface area contributed by atoms with Crippen molar-refractivity contribution in [1.29, 1.82) is 0 Å². The first-order chi connectivity index (χ1) is 8.08. The van der Waals surface area contributed by atoms with Crippen molar-refractivity contribution < 1.29 is 0 Å². The zero-order chi connectivity index (χ0) is 12.4. The van der Waals surface area contributed by atoms with Crippen LogP contribution in [-0.4, -0.2) is 14.8 Å². The molecule has 0 aliphatic carbocycles. The van der Waals surface area contributed by atoms with E-state index in [2.05, 4.69) is 69.7 Å². The van der Waals surface area contributed by atoms with Gasteiger partial charge in [-0.2, -0.15) is 0 Å². The molecule has 0 unspecified atom stereocenters. The zero-order valence-electron chi connectivity index (χ0n) is 10.3. The fourth-order valence-corrected chi connectivity index (χ4v) is 2.04. The monoisotopic (exact) mass is 293 g/mol. The molecule has 0 amide bonds. The molecule has 1 heterocycles. The molecule has 90 valence electrons. The molecule has 2 rings (SSSR count). The van der Waals surface area contributed by atoms with Gasteiger partial charge in [0.2, 0.25) is 0 Å². The fraction of sp³-hybridized carbons (Fsp3) is 0.385. The molecule has 0 aliphatic rings. The third-order valence-electron chi connectivity index (χ3n) is 2.59. The van der Waals surface area contributed by atoms with Gasteiger partial charge < -0.3 is 4.57 Å². The van der Waals surface area contributed by atoms with Crippen molar-refractivity contribution in [3.63, 3.8) is 0 Å². The minimum atomic E-state index is 0.585. The highest BCUT2D eigenvalue weighted by Gasteiger charge is 2.09. The molecule has 0 radical (unpaired) electrons. The maximum atomic E-state index is 4.21. The van der Waals surface area contributed by atoms with Crippen LogP contribution in [0.5, 0.6) is 0 Å². The number of hydrogen-bond acceptors (Lipinski definition) is 2. The molecule has 0 spiro atoms. The highest BCUT2D eigenvalue weighted by Crippen LogP contribution is 2.23. The van der Waals surface area contributed by atoms with Crippen LogP contribution in [0.4, 0.5) is 0 Å². The molecule has 17 heavy (non-hydrogen) atoms. The minimum Gasteiger partial charge on any atom is -0.313 e. The average Bonchev–Trinajstić information content (AvgIpc) is 2.69. The molecule has 1 aromatic heterocycles. The Bertz CT molecular complexity index is 517. The third-order valence-corrected chi connectivity index (χ3v) is 3.48. The highest BCUT2D eigenvalue weighted by atomic mass is 79.9. The summed E-state index contributed by atoms with van der Waals surface area (Å²) in [5.74, 6) is 1.52. The normalized spacial score (nSPS) is 11.1. The highest BCUT2D eigenvalue weighted by molar-refractivity contribution is 9.10. The summed E-state index contributed by atoms with van der Waals surface area (Å²) in [5.41, 5.74) is 2.32. The van der Waals surface area contributed by atoms with Crippen LogP contribution >= 0.6 is 15.9 Å². The van der Waals surface area contributed by atoms with Crippen LogP contribution in [0.2, 0.25) is 0 Å². The summed E-state index contributed by atoms with van der Waals surface area (Å²) in [6.07, 6.45) is 1.80. The zero-order valence-corrected chi connectivity index (χ0v) is 11.9. The molecule has 0 saturated heterocycles. The standard InChI is InChI=1S/C13H16BrN3/c1-9(2)7-17-8-15-16-13(17)11-4-5-12(14)10(3)6-11/h4-6,8-9H,7H2,1-3H3. The quantitative estimate of drug-likeness (QED) is 0.864. The second kappa shape index (κ2) is 5.00. The number of rotatable bonds is 3. The van der Waals surface area contributed by atoms with Gasteiger partial charge in [-0.1, -0.05) is 35.8 Å². The Morgan fingerprint density at radius 2 is 2.12 bits per heavy atom. The maximum absolute atomic E-state index is 4.21. The Kier molecular flexibility index (Phi) is 3.62. The lowest BCUT2D eigenvalue weighted by atomic mass is 10.1. The van der Waals surface area contributed by atoms with E-state index in [1.807, 2.05) is 0 Å². The molecule has 1 aromatic carbocycles. The van der Waals surface area contributed by atoms with E-state index >= 15 is 0 Å². The van der Waals surface area contributed by atoms with Crippen LogP contribution < -0.4 is 0 Å². The van der Waals surface area contributed by atoms with Gasteiger partial charge in [0, 0.05) is 16.6 Å².